The van der Waals surface area contributed by atoms with Crippen LogP contribution in [-0.2, 0) is 11.3 Å². The monoisotopic (exact) mass is 309 g/mol. The van der Waals surface area contributed by atoms with Crippen molar-refractivity contribution in [2.45, 2.75) is 6.61 Å². The molecule has 116 valence electrons. The van der Waals surface area contributed by atoms with E-state index in [4.69, 9.17) is 4.74 Å². The minimum Gasteiger partial charge on any atom is -0.508 e. The van der Waals surface area contributed by atoms with Gasteiger partial charge in [0.2, 0.25) is 0 Å². The number of benzene rings is 2. The van der Waals surface area contributed by atoms with Gasteiger partial charge < -0.3 is 14.6 Å². The van der Waals surface area contributed by atoms with Crippen molar-refractivity contribution in [3.8, 4) is 11.5 Å². The van der Waals surface area contributed by atoms with Crippen LogP contribution in [0.25, 0.3) is 10.9 Å². The number of phenolic OH excluding ortho intramolecular Hbond substituents is 1. The van der Waals surface area contributed by atoms with Gasteiger partial charge in [0.1, 0.15) is 18.1 Å². The second-order valence-electron chi connectivity index (χ2n) is 4.99. The third-order valence-electron chi connectivity index (χ3n) is 3.36. The molecule has 3 rings (SSSR count). The Kier molecular flexibility index (Phi) is 4.10. The summed E-state index contributed by atoms with van der Waals surface area (Å²) in [6.07, 6.45) is 0. The summed E-state index contributed by atoms with van der Waals surface area (Å²) in [5.74, 6) is -0.218. The Balaban J connectivity index is 1.79. The Labute approximate surface area is 133 Å². The van der Waals surface area contributed by atoms with Gasteiger partial charge in [-0.25, -0.2) is 9.78 Å². The van der Waals surface area contributed by atoms with E-state index in [1.165, 1.54) is 25.3 Å². The lowest BCUT2D eigenvalue weighted by atomic mass is 10.2. The third-order valence-corrected chi connectivity index (χ3v) is 3.36. The zero-order valence-corrected chi connectivity index (χ0v) is 12.5. The predicted octanol–water partition coefficient (Wildman–Crippen LogP) is 3.31. The van der Waals surface area contributed by atoms with Crippen LogP contribution in [0, 0.1) is 0 Å². The van der Waals surface area contributed by atoms with Crippen LogP contribution in [-0.4, -0.2) is 23.2 Å². The molecule has 5 nitrogen and oxygen atoms in total. The van der Waals surface area contributed by atoms with Crippen molar-refractivity contribution >= 4 is 16.9 Å². The van der Waals surface area contributed by atoms with Crippen LogP contribution in [0.3, 0.4) is 0 Å². The van der Waals surface area contributed by atoms with Crippen molar-refractivity contribution in [1.82, 2.24) is 4.98 Å². The maximum atomic E-state index is 11.5. The van der Waals surface area contributed by atoms with E-state index < -0.39 is 5.97 Å². The van der Waals surface area contributed by atoms with Crippen LogP contribution >= 0.6 is 0 Å². The highest BCUT2D eigenvalue weighted by molar-refractivity contribution is 5.90. The average Bonchev–Trinajstić information content (AvgIpc) is 2.58. The van der Waals surface area contributed by atoms with Gasteiger partial charge in [0.25, 0.3) is 0 Å². The summed E-state index contributed by atoms with van der Waals surface area (Å²) in [5.41, 5.74) is 1.88. The van der Waals surface area contributed by atoms with Gasteiger partial charge in [-0.3, -0.25) is 0 Å². The van der Waals surface area contributed by atoms with Crippen molar-refractivity contribution in [2.24, 2.45) is 0 Å². The van der Waals surface area contributed by atoms with Crippen LogP contribution < -0.4 is 4.74 Å². The minimum atomic E-state index is -0.533. The molecular weight excluding hydrogens is 294 g/mol. The first-order valence-electron chi connectivity index (χ1n) is 7.05. The molecule has 0 radical (unpaired) electrons. The summed E-state index contributed by atoms with van der Waals surface area (Å²) < 4.78 is 10.3. The highest BCUT2D eigenvalue weighted by Crippen LogP contribution is 2.23. The number of hydrogen-bond acceptors (Lipinski definition) is 5. The Hall–Kier alpha value is -3.08. The fraction of sp³-hybridized carbons (Fsp3) is 0.111. The Morgan fingerprint density at radius 2 is 1.96 bits per heavy atom. The van der Waals surface area contributed by atoms with E-state index in [1.54, 1.807) is 0 Å². The largest absolute Gasteiger partial charge is 0.508 e. The molecule has 0 atom stereocenters. The second-order valence-corrected chi connectivity index (χ2v) is 4.99. The summed E-state index contributed by atoms with van der Waals surface area (Å²) in [5, 5.41) is 10.7. The molecular formula is C18H15NO4. The zero-order chi connectivity index (χ0) is 16.2. The molecule has 5 heteroatoms. The molecule has 0 saturated carbocycles. The van der Waals surface area contributed by atoms with Gasteiger partial charge in [-0.2, -0.15) is 0 Å². The lowest BCUT2D eigenvalue weighted by Gasteiger charge is -2.09. The molecule has 0 unspecified atom stereocenters. The summed E-state index contributed by atoms with van der Waals surface area (Å²) in [4.78, 5) is 16.0. The normalized spacial score (nSPS) is 10.5. The SMILES string of the molecule is COC(=O)c1cc(O)cc(OCc2ccc3ccccc3n2)c1. The molecule has 0 aliphatic heterocycles. The van der Waals surface area contributed by atoms with Crippen molar-refractivity contribution in [2.75, 3.05) is 7.11 Å². The number of methoxy groups -OCH3 is 1. The molecule has 1 heterocycles. The summed E-state index contributed by atoms with van der Waals surface area (Å²) in [6.45, 7) is 0.231. The van der Waals surface area contributed by atoms with Crippen molar-refractivity contribution < 1.29 is 19.4 Å². The molecule has 1 aromatic heterocycles. The van der Waals surface area contributed by atoms with Gasteiger partial charge in [0.05, 0.1) is 23.9 Å². The maximum Gasteiger partial charge on any atom is 0.338 e. The molecule has 0 aliphatic rings. The molecule has 0 bridgehead atoms. The van der Waals surface area contributed by atoms with Gasteiger partial charge in [-0.1, -0.05) is 24.3 Å². The first-order chi connectivity index (χ1) is 11.2. The molecule has 0 aliphatic carbocycles. The summed E-state index contributed by atoms with van der Waals surface area (Å²) in [7, 11) is 1.28. The fourth-order valence-corrected chi connectivity index (χ4v) is 2.25. The number of nitrogens with zero attached hydrogens (tertiary/aromatic N) is 1. The Bertz CT molecular complexity index is 861. The van der Waals surface area contributed by atoms with Gasteiger partial charge in [0.15, 0.2) is 0 Å². The van der Waals surface area contributed by atoms with E-state index in [0.29, 0.717) is 5.75 Å². The first-order valence-corrected chi connectivity index (χ1v) is 7.05. The topological polar surface area (TPSA) is 68.7 Å². The summed E-state index contributed by atoms with van der Waals surface area (Å²) in [6, 6.07) is 16.0. The molecule has 2 aromatic carbocycles. The van der Waals surface area contributed by atoms with E-state index in [2.05, 4.69) is 9.72 Å². The van der Waals surface area contributed by atoms with Crippen LogP contribution in [0.2, 0.25) is 0 Å². The number of aromatic nitrogens is 1. The highest BCUT2D eigenvalue weighted by Gasteiger charge is 2.09. The smallest absolute Gasteiger partial charge is 0.338 e. The number of pyridine rings is 1. The molecule has 23 heavy (non-hydrogen) atoms. The van der Waals surface area contributed by atoms with Crippen LogP contribution in [0.15, 0.2) is 54.6 Å². The highest BCUT2D eigenvalue weighted by atomic mass is 16.5. The zero-order valence-electron chi connectivity index (χ0n) is 12.5. The average molecular weight is 309 g/mol. The number of ether oxygens (including phenoxy) is 2. The van der Waals surface area contributed by atoms with Crippen LogP contribution in [0.5, 0.6) is 11.5 Å². The lowest BCUT2D eigenvalue weighted by molar-refractivity contribution is 0.0599. The maximum absolute atomic E-state index is 11.5. The quantitative estimate of drug-likeness (QED) is 0.749. The molecule has 1 N–H and O–H groups in total. The van der Waals surface area contributed by atoms with Crippen molar-refractivity contribution in [1.29, 1.82) is 0 Å². The van der Waals surface area contributed by atoms with E-state index in [1.807, 2.05) is 36.4 Å². The molecule has 3 aromatic rings. The van der Waals surface area contributed by atoms with E-state index in [0.717, 1.165) is 16.6 Å². The van der Waals surface area contributed by atoms with Gasteiger partial charge in [-0.15, -0.1) is 0 Å². The first kappa shape index (κ1) is 14.8. The van der Waals surface area contributed by atoms with Gasteiger partial charge >= 0.3 is 5.97 Å². The van der Waals surface area contributed by atoms with Crippen LogP contribution in [0.4, 0.5) is 0 Å². The van der Waals surface area contributed by atoms with E-state index in [-0.39, 0.29) is 17.9 Å². The number of aromatic hydroxyl groups is 1. The molecule has 0 amide bonds. The number of carbonyl (C=O) groups is 1. The minimum absolute atomic E-state index is 0.0608. The predicted molar refractivity (Wildman–Crippen MR) is 85.5 cm³/mol. The van der Waals surface area contributed by atoms with Gasteiger partial charge in [-0.05, 0) is 24.3 Å². The number of phenols is 1. The second kappa shape index (κ2) is 6.36. The van der Waals surface area contributed by atoms with Gasteiger partial charge in [0, 0.05) is 11.5 Å². The Morgan fingerprint density at radius 3 is 2.78 bits per heavy atom. The van der Waals surface area contributed by atoms with Crippen molar-refractivity contribution in [3.63, 3.8) is 0 Å². The molecule has 0 saturated heterocycles. The third kappa shape index (κ3) is 3.40. The lowest BCUT2D eigenvalue weighted by Crippen LogP contribution is -2.03. The number of hydrogen-bond donors (Lipinski definition) is 1. The fourth-order valence-electron chi connectivity index (χ4n) is 2.25. The number of fused-ring (bicyclic) bond motifs is 1. The standard InChI is InChI=1S/C18H15NO4/c1-22-18(21)13-8-15(20)10-16(9-13)23-11-14-7-6-12-4-2-3-5-17(12)19-14/h2-10,20H,11H2,1H3. The molecule has 0 fully saturated rings. The van der Waals surface area contributed by atoms with E-state index >= 15 is 0 Å². The number of carbonyl (C=O) groups excluding carboxylic acids is 1. The number of esters is 1. The van der Waals surface area contributed by atoms with Crippen molar-refractivity contribution in [3.05, 3.63) is 65.9 Å². The summed E-state index contributed by atoms with van der Waals surface area (Å²) >= 11 is 0. The number of para-hydroxylation sites is 1. The molecule has 0 spiro atoms. The Morgan fingerprint density at radius 1 is 1.13 bits per heavy atom. The van der Waals surface area contributed by atoms with E-state index in [9.17, 15) is 9.90 Å². The number of rotatable bonds is 4. The van der Waals surface area contributed by atoms with Crippen LogP contribution in [0.1, 0.15) is 16.1 Å².